The summed E-state index contributed by atoms with van der Waals surface area (Å²) in [7, 11) is 0. The number of anilines is 2. The van der Waals surface area contributed by atoms with Crippen LogP contribution in [0.2, 0.25) is 0 Å². The zero-order valence-corrected chi connectivity index (χ0v) is 16.9. The summed E-state index contributed by atoms with van der Waals surface area (Å²) >= 11 is 0. The molecule has 0 atom stereocenters. The average molecular weight is 440 g/mol. The fraction of sp³-hybridized carbons (Fsp3) is 0.273. The predicted octanol–water partition coefficient (Wildman–Crippen LogP) is 3.36. The first-order valence-electron chi connectivity index (χ1n) is 9.91. The molecule has 0 unspecified atom stereocenters. The Labute approximate surface area is 182 Å². The number of hydrogen-bond donors (Lipinski definition) is 1. The van der Waals surface area contributed by atoms with Crippen molar-refractivity contribution in [1.82, 2.24) is 14.8 Å². The second kappa shape index (κ2) is 8.70. The number of nitrogens with one attached hydrogen (secondary N) is 1. The molecule has 0 saturated carbocycles. The standard InChI is InChI=1S/C22H19F3N6O/c23-18-9-16(1-3-17(18)11-26)13-31-7-5-19(29-31)28-21(32)10-15-2-4-20(27-12-15)30-8-6-22(24,25)14-30/h1-5,7,9,12H,6,8,10,13-14H2,(H,28,29,32). The first-order chi connectivity index (χ1) is 15.3. The van der Waals surface area contributed by atoms with Gasteiger partial charge in [0.2, 0.25) is 5.91 Å². The van der Waals surface area contributed by atoms with Gasteiger partial charge in [0.1, 0.15) is 17.7 Å². The summed E-state index contributed by atoms with van der Waals surface area (Å²) < 4.78 is 42.0. The van der Waals surface area contributed by atoms with Gasteiger partial charge in [0.25, 0.3) is 5.92 Å². The van der Waals surface area contributed by atoms with Crippen LogP contribution in [0, 0.1) is 17.1 Å². The van der Waals surface area contributed by atoms with Crippen molar-refractivity contribution in [2.24, 2.45) is 0 Å². The third kappa shape index (κ3) is 5.06. The molecule has 0 radical (unpaired) electrons. The molecule has 1 aliphatic rings. The minimum Gasteiger partial charge on any atom is -0.350 e. The molecule has 1 amide bonds. The maximum atomic E-state index is 13.7. The van der Waals surface area contributed by atoms with Crippen molar-refractivity contribution in [3.05, 3.63) is 71.3 Å². The van der Waals surface area contributed by atoms with E-state index in [9.17, 15) is 18.0 Å². The zero-order valence-electron chi connectivity index (χ0n) is 16.9. The molecule has 0 bridgehead atoms. The number of carbonyl (C=O) groups excluding carboxylic acids is 1. The van der Waals surface area contributed by atoms with Gasteiger partial charge in [0, 0.05) is 31.4 Å². The van der Waals surface area contributed by atoms with E-state index in [0.29, 0.717) is 22.8 Å². The van der Waals surface area contributed by atoms with Gasteiger partial charge >= 0.3 is 0 Å². The molecule has 4 rings (SSSR count). The molecule has 1 fully saturated rings. The summed E-state index contributed by atoms with van der Waals surface area (Å²) in [6, 6.07) is 11.0. The lowest BCUT2D eigenvalue weighted by atomic mass is 10.1. The van der Waals surface area contributed by atoms with Crippen LogP contribution < -0.4 is 10.2 Å². The van der Waals surface area contributed by atoms with Crippen LogP contribution in [-0.2, 0) is 17.8 Å². The Morgan fingerprint density at radius 2 is 2.03 bits per heavy atom. The number of benzene rings is 1. The molecular formula is C22H19F3N6O. The lowest BCUT2D eigenvalue weighted by molar-refractivity contribution is -0.115. The fourth-order valence-electron chi connectivity index (χ4n) is 3.46. The molecule has 1 aromatic carbocycles. The van der Waals surface area contributed by atoms with Crippen LogP contribution in [0.3, 0.4) is 0 Å². The molecule has 0 spiro atoms. The maximum absolute atomic E-state index is 13.7. The van der Waals surface area contributed by atoms with Crippen LogP contribution in [0.25, 0.3) is 0 Å². The monoisotopic (exact) mass is 440 g/mol. The predicted molar refractivity (Wildman–Crippen MR) is 111 cm³/mol. The molecule has 32 heavy (non-hydrogen) atoms. The summed E-state index contributed by atoms with van der Waals surface area (Å²) in [5.74, 6) is -2.79. The van der Waals surface area contributed by atoms with E-state index in [2.05, 4.69) is 15.4 Å². The third-order valence-electron chi connectivity index (χ3n) is 5.07. The second-order valence-electron chi connectivity index (χ2n) is 7.60. The van der Waals surface area contributed by atoms with Crippen molar-refractivity contribution in [1.29, 1.82) is 5.26 Å². The molecule has 1 aliphatic heterocycles. The van der Waals surface area contributed by atoms with Gasteiger partial charge in [-0.3, -0.25) is 9.48 Å². The SMILES string of the molecule is N#Cc1ccc(Cn2ccc(NC(=O)Cc3ccc(N4CCC(F)(F)C4)nc3)n2)cc1F. The van der Waals surface area contributed by atoms with E-state index >= 15 is 0 Å². The summed E-state index contributed by atoms with van der Waals surface area (Å²) in [4.78, 5) is 18.0. The Morgan fingerprint density at radius 3 is 2.69 bits per heavy atom. The van der Waals surface area contributed by atoms with Crippen molar-refractivity contribution in [3.8, 4) is 6.07 Å². The van der Waals surface area contributed by atoms with Gasteiger partial charge in [0.05, 0.1) is 25.1 Å². The number of nitrogens with zero attached hydrogens (tertiary/aromatic N) is 5. The van der Waals surface area contributed by atoms with E-state index < -0.39 is 11.7 Å². The Balaban J connectivity index is 1.31. The van der Waals surface area contributed by atoms with Gasteiger partial charge < -0.3 is 10.2 Å². The van der Waals surface area contributed by atoms with Crippen LogP contribution >= 0.6 is 0 Å². The highest BCUT2D eigenvalue weighted by atomic mass is 19.3. The van der Waals surface area contributed by atoms with Gasteiger partial charge in [-0.15, -0.1) is 0 Å². The van der Waals surface area contributed by atoms with E-state index in [-0.39, 0.29) is 43.9 Å². The van der Waals surface area contributed by atoms with Crippen molar-refractivity contribution < 1.29 is 18.0 Å². The van der Waals surface area contributed by atoms with E-state index in [1.165, 1.54) is 23.2 Å². The molecule has 0 aliphatic carbocycles. The lowest BCUT2D eigenvalue weighted by Crippen LogP contribution is -2.25. The normalized spacial score (nSPS) is 14.9. The largest absolute Gasteiger partial charge is 0.350 e. The summed E-state index contributed by atoms with van der Waals surface area (Å²) in [6.45, 7) is 0.175. The number of halogens is 3. The highest BCUT2D eigenvalue weighted by Crippen LogP contribution is 2.29. The molecule has 3 aromatic rings. The number of rotatable bonds is 6. The topological polar surface area (TPSA) is 86.8 Å². The lowest BCUT2D eigenvalue weighted by Gasteiger charge is -2.17. The van der Waals surface area contributed by atoms with Gasteiger partial charge in [-0.25, -0.2) is 18.2 Å². The van der Waals surface area contributed by atoms with Crippen LogP contribution in [0.5, 0.6) is 0 Å². The van der Waals surface area contributed by atoms with Crippen LogP contribution in [0.4, 0.5) is 24.8 Å². The van der Waals surface area contributed by atoms with Crippen LogP contribution in [0.15, 0.2) is 48.8 Å². The number of aromatic nitrogens is 3. The molecule has 164 valence electrons. The van der Waals surface area contributed by atoms with Gasteiger partial charge in [-0.1, -0.05) is 12.1 Å². The number of nitriles is 1. The zero-order chi connectivity index (χ0) is 22.7. The Kier molecular flexibility index (Phi) is 5.81. The van der Waals surface area contributed by atoms with Crippen molar-refractivity contribution >= 4 is 17.5 Å². The van der Waals surface area contributed by atoms with E-state index in [0.717, 1.165) is 0 Å². The first-order valence-corrected chi connectivity index (χ1v) is 9.91. The molecule has 1 N–H and O–H groups in total. The second-order valence-corrected chi connectivity index (χ2v) is 7.60. The van der Waals surface area contributed by atoms with E-state index in [1.54, 1.807) is 41.2 Å². The van der Waals surface area contributed by atoms with Crippen molar-refractivity contribution in [3.63, 3.8) is 0 Å². The molecular weight excluding hydrogens is 421 g/mol. The first kappa shape index (κ1) is 21.4. The highest BCUT2D eigenvalue weighted by Gasteiger charge is 2.38. The fourth-order valence-corrected chi connectivity index (χ4v) is 3.46. The number of carbonyl (C=O) groups is 1. The Bertz CT molecular complexity index is 1170. The molecule has 1 saturated heterocycles. The molecule has 10 heteroatoms. The highest BCUT2D eigenvalue weighted by molar-refractivity contribution is 5.91. The summed E-state index contributed by atoms with van der Waals surface area (Å²) in [6.07, 6.45) is 3.01. The average Bonchev–Trinajstić information content (AvgIpc) is 3.34. The maximum Gasteiger partial charge on any atom is 0.266 e. The minimum absolute atomic E-state index is 0.0249. The number of pyridine rings is 1. The van der Waals surface area contributed by atoms with Gasteiger partial charge in [0.15, 0.2) is 5.82 Å². The van der Waals surface area contributed by atoms with Crippen LogP contribution in [-0.4, -0.2) is 39.7 Å². The van der Waals surface area contributed by atoms with Crippen LogP contribution in [0.1, 0.15) is 23.1 Å². The Morgan fingerprint density at radius 1 is 1.22 bits per heavy atom. The number of amides is 1. The summed E-state index contributed by atoms with van der Waals surface area (Å²) in [5, 5.41) is 15.7. The third-order valence-corrected chi connectivity index (χ3v) is 5.07. The van der Waals surface area contributed by atoms with E-state index in [1.807, 2.05) is 0 Å². The Hall–Kier alpha value is -3.87. The minimum atomic E-state index is -2.70. The summed E-state index contributed by atoms with van der Waals surface area (Å²) in [5.41, 5.74) is 1.25. The van der Waals surface area contributed by atoms with Gasteiger partial charge in [-0.2, -0.15) is 10.4 Å². The molecule has 2 aromatic heterocycles. The van der Waals surface area contributed by atoms with E-state index in [4.69, 9.17) is 5.26 Å². The van der Waals surface area contributed by atoms with Crippen molar-refractivity contribution in [2.75, 3.05) is 23.3 Å². The molecule has 3 heterocycles. The van der Waals surface area contributed by atoms with Crippen molar-refractivity contribution in [2.45, 2.75) is 25.3 Å². The quantitative estimate of drug-likeness (QED) is 0.635. The number of hydrogen-bond acceptors (Lipinski definition) is 5. The van der Waals surface area contributed by atoms with Gasteiger partial charge in [-0.05, 0) is 29.3 Å². The number of alkyl halides is 2. The smallest absolute Gasteiger partial charge is 0.266 e. The molecule has 7 nitrogen and oxygen atoms in total.